The van der Waals surface area contributed by atoms with Crippen molar-refractivity contribution in [2.45, 2.75) is 13.1 Å². The summed E-state index contributed by atoms with van der Waals surface area (Å²) in [6.45, 7) is 1.75. The van der Waals surface area contributed by atoms with Crippen molar-refractivity contribution in [2.24, 2.45) is 0 Å². The summed E-state index contributed by atoms with van der Waals surface area (Å²) in [6, 6.07) is 6.81. The van der Waals surface area contributed by atoms with Crippen molar-refractivity contribution in [3.8, 4) is 11.6 Å². The quantitative estimate of drug-likeness (QED) is 0.843. The molecule has 0 aliphatic heterocycles. The van der Waals surface area contributed by atoms with Crippen molar-refractivity contribution in [2.75, 3.05) is 5.73 Å². The van der Waals surface area contributed by atoms with Crippen LogP contribution in [0, 0.1) is 6.92 Å². The maximum absolute atomic E-state index is 12.6. The summed E-state index contributed by atoms with van der Waals surface area (Å²) >= 11 is 0. The summed E-state index contributed by atoms with van der Waals surface area (Å²) in [5.74, 6) is 0.171. The fourth-order valence-electron chi connectivity index (χ4n) is 1.56. The predicted molar refractivity (Wildman–Crippen MR) is 64.9 cm³/mol. The van der Waals surface area contributed by atoms with Gasteiger partial charge in [-0.05, 0) is 24.6 Å². The van der Waals surface area contributed by atoms with E-state index >= 15 is 0 Å². The molecule has 2 N–H and O–H groups in total. The molecular formula is C13H11F3N2O. The third-order valence-electron chi connectivity index (χ3n) is 2.51. The molecule has 1 aromatic heterocycles. The first-order chi connectivity index (χ1) is 8.88. The zero-order chi connectivity index (χ0) is 14.0. The normalized spacial score (nSPS) is 11.4. The van der Waals surface area contributed by atoms with E-state index in [1.54, 1.807) is 25.1 Å². The van der Waals surface area contributed by atoms with E-state index in [9.17, 15) is 13.2 Å². The van der Waals surface area contributed by atoms with Crippen molar-refractivity contribution in [3.05, 3.63) is 47.7 Å². The van der Waals surface area contributed by atoms with E-state index in [4.69, 9.17) is 10.5 Å². The van der Waals surface area contributed by atoms with Crippen molar-refractivity contribution in [1.29, 1.82) is 0 Å². The van der Waals surface area contributed by atoms with E-state index in [0.29, 0.717) is 11.4 Å². The molecule has 100 valence electrons. The number of hydrogen-bond donors (Lipinski definition) is 1. The Kier molecular flexibility index (Phi) is 3.33. The molecule has 1 heterocycles. The SMILES string of the molecule is Cc1cccc(N)c1Oc1cc(C(F)(F)F)ccn1. The lowest BCUT2D eigenvalue weighted by molar-refractivity contribution is -0.137. The fourth-order valence-corrected chi connectivity index (χ4v) is 1.56. The van der Waals surface area contributed by atoms with Crippen LogP contribution in [0.15, 0.2) is 36.5 Å². The highest BCUT2D eigenvalue weighted by molar-refractivity contribution is 5.57. The average Bonchev–Trinajstić information content (AvgIpc) is 2.33. The highest BCUT2D eigenvalue weighted by Gasteiger charge is 2.31. The van der Waals surface area contributed by atoms with Gasteiger partial charge >= 0.3 is 6.18 Å². The molecule has 2 rings (SSSR count). The van der Waals surface area contributed by atoms with Crippen LogP contribution < -0.4 is 10.5 Å². The average molecular weight is 268 g/mol. The van der Waals surface area contributed by atoms with Gasteiger partial charge in [-0.3, -0.25) is 0 Å². The molecule has 0 saturated heterocycles. The Morgan fingerprint density at radius 1 is 1.21 bits per heavy atom. The van der Waals surface area contributed by atoms with Crippen molar-refractivity contribution in [3.63, 3.8) is 0 Å². The number of ether oxygens (including phenoxy) is 1. The van der Waals surface area contributed by atoms with Crippen LogP contribution in [-0.4, -0.2) is 4.98 Å². The molecule has 0 aliphatic rings. The lowest BCUT2D eigenvalue weighted by Gasteiger charge is -2.12. The first kappa shape index (κ1) is 13.2. The first-order valence-corrected chi connectivity index (χ1v) is 5.44. The maximum atomic E-state index is 12.6. The number of nitrogen functional groups attached to an aromatic ring is 1. The van der Waals surface area contributed by atoms with Gasteiger partial charge in [0.1, 0.15) is 0 Å². The number of para-hydroxylation sites is 1. The number of hydrogen-bond acceptors (Lipinski definition) is 3. The van der Waals surface area contributed by atoms with Gasteiger partial charge in [0.2, 0.25) is 5.88 Å². The number of rotatable bonds is 2. The minimum atomic E-state index is -4.43. The van der Waals surface area contributed by atoms with Gasteiger partial charge < -0.3 is 10.5 Å². The maximum Gasteiger partial charge on any atom is 0.416 e. The second kappa shape index (κ2) is 4.79. The predicted octanol–water partition coefficient (Wildman–Crippen LogP) is 3.78. The molecule has 19 heavy (non-hydrogen) atoms. The van der Waals surface area contributed by atoms with Gasteiger partial charge in [0.25, 0.3) is 0 Å². The van der Waals surface area contributed by atoms with Crippen LogP contribution in [0.25, 0.3) is 0 Å². The molecule has 0 amide bonds. The molecule has 0 unspecified atom stereocenters. The van der Waals surface area contributed by atoms with E-state index < -0.39 is 11.7 Å². The number of aromatic nitrogens is 1. The number of aryl methyl sites for hydroxylation is 1. The number of anilines is 1. The molecule has 3 nitrogen and oxygen atoms in total. The van der Waals surface area contributed by atoms with Gasteiger partial charge in [-0.2, -0.15) is 13.2 Å². The summed E-state index contributed by atoms with van der Waals surface area (Å²) < 4.78 is 43.0. The van der Waals surface area contributed by atoms with Gasteiger partial charge in [0.05, 0.1) is 11.3 Å². The van der Waals surface area contributed by atoms with Crippen LogP contribution >= 0.6 is 0 Å². The topological polar surface area (TPSA) is 48.1 Å². The van der Waals surface area contributed by atoms with Crippen LogP contribution in [0.4, 0.5) is 18.9 Å². The van der Waals surface area contributed by atoms with Crippen molar-refractivity contribution >= 4 is 5.69 Å². The minimum Gasteiger partial charge on any atom is -0.437 e. The smallest absolute Gasteiger partial charge is 0.416 e. The lowest BCUT2D eigenvalue weighted by Crippen LogP contribution is -2.05. The van der Waals surface area contributed by atoms with Gasteiger partial charge in [0, 0.05) is 12.3 Å². The molecule has 0 aliphatic carbocycles. The largest absolute Gasteiger partial charge is 0.437 e. The number of nitrogens with two attached hydrogens (primary N) is 1. The van der Waals surface area contributed by atoms with Gasteiger partial charge in [0.15, 0.2) is 5.75 Å². The van der Waals surface area contributed by atoms with Crippen LogP contribution in [-0.2, 0) is 6.18 Å². The Bertz CT molecular complexity index is 576. The van der Waals surface area contributed by atoms with E-state index in [2.05, 4.69) is 4.98 Å². The van der Waals surface area contributed by atoms with E-state index in [-0.39, 0.29) is 5.88 Å². The number of halogens is 3. The van der Waals surface area contributed by atoms with Crippen molar-refractivity contribution < 1.29 is 17.9 Å². The summed E-state index contributed by atoms with van der Waals surface area (Å²) in [5.41, 5.74) is 5.97. The highest BCUT2D eigenvalue weighted by atomic mass is 19.4. The van der Waals surface area contributed by atoms with Gasteiger partial charge in [-0.25, -0.2) is 4.98 Å². The fraction of sp³-hybridized carbons (Fsp3) is 0.154. The Labute approximate surface area is 107 Å². The molecule has 0 atom stereocenters. The molecule has 0 fully saturated rings. The number of pyridine rings is 1. The molecule has 1 aromatic carbocycles. The molecule has 0 radical (unpaired) electrons. The van der Waals surface area contributed by atoms with Gasteiger partial charge in [-0.1, -0.05) is 12.1 Å². The Morgan fingerprint density at radius 3 is 2.58 bits per heavy atom. The third kappa shape index (κ3) is 2.96. The molecule has 0 spiro atoms. The summed E-state index contributed by atoms with van der Waals surface area (Å²) in [4.78, 5) is 3.75. The Hall–Kier alpha value is -2.24. The molecule has 2 aromatic rings. The molecule has 6 heteroatoms. The monoisotopic (exact) mass is 268 g/mol. The molecular weight excluding hydrogens is 257 g/mol. The van der Waals surface area contributed by atoms with E-state index in [1.165, 1.54) is 0 Å². The third-order valence-corrected chi connectivity index (χ3v) is 2.51. The Morgan fingerprint density at radius 2 is 1.95 bits per heavy atom. The van der Waals surface area contributed by atoms with Crippen LogP contribution in [0.1, 0.15) is 11.1 Å². The summed E-state index contributed by atoms with van der Waals surface area (Å²) in [6.07, 6.45) is -3.38. The molecule has 0 bridgehead atoms. The van der Waals surface area contributed by atoms with Crippen LogP contribution in [0.5, 0.6) is 11.6 Å². The zero-order valence-corrected chi connectivity index (χ0v) is 10.0. The second-order valence-electron chi connectivity index (χ2n) is 3.98. The van der Waals surface area contributed by atoms with Crippen LogP contribution in [0.2, 0.25) is 0 Å². The first-order valence-electron chi connectivity index (χ1n) is 5.44. The minimum absolute atomic E-state index is 0.143. The van der Waals surface area contributed by atoms with E-state index in [0.717, 1.165) is 23.9 Å². The number of benzene rings is 1. The van der Waals surface area contributed by atoms with Crippen LogP contribution in [0.3, 0.4) is 0 Å². The standard InChI is InChI=1S/C13H11F3N2O/c1-8-3-2-4-10(17)12(8)19-11-7-9(5-6-18-11)13(14,15)16/h2-7H,17H2,1H3. The van der Waals surface area contributed by atoms with E-state index in [1.807, 2.05) is 0 Å². The summed E-state index contributed by atoms with van der Waals surface area (Å²) in [5, 5.41) is 0. The van der Waals surface area contributed by atoms with Gasteiger partial charge in [-0.15, -0.1) is 0 Å². The van der Waals surface area contributed by atoms with Crippen molar-refractivity contribution in [1.82, 2.24) is 4.98 Å². The lowest BCUT2D eigenvalue weighted by atomic mass is 10.2. The number of alkyl halides is 3. The molecule has 0 saturated carbocycles. The highest BCUT2D eigenvalue weighted by Crippen LogP contribution is 2.33. The summed E-state index contributed by atoms with van der Waals surface area (Å²) in [7, 11) is 0. The second-order valence-corrected chi connectivity index (χ2v) is 3.98. The number of nitrogens with zero attached hydrogens (tertiary/aromatic N) is 1. The Balaban J connectivity index is 2.34. The zero-order valence-electron chi connectivity index (χ0n) is 10.0.